The maximum absolute atomic E-state index is 10.2. The summed E-state index contributed by atoms with van der Waals surface area (Å²) >= 11 is 0. The van der Waals surface area contributed by atoms with Crippen LogP contribution < -0.4 is 5.11 Å². The highest BCUT2D eigenvalue weighted by Gasteiger charge is 1.98. The number of rotatable bonds is 2. The van der Waals surface area contributed by atoms with E-state index < -0.39 is 5.97 Å². The van der Waals surface area contributed by atoms with Crippen LogP contribution in [-0.4, -0.2) is 15.9 Å². The summed E-state index contributed by atoms with van der Waals surface area (Å²) in [5.74, 6) is -1.32. The molecule has 0 aliphatic rings. The van der Waals surface area contributed by atoms with E-state index in [1.54, 1.807) is 0 Å². The fraction of sp³-hybridized carbons (Fsp3) is 0. The van der Waals surface area contributed by atoms with Crippen molar-refractivity contribution in [3.05, 3.63) is 30.9 Å². The summed E-state index contributed by atoms with van der Waals surface area (Å²) in [4.78, 5) is 17.5. The van der Waals surface area contributed by atoms with Gasteiger partial charge in [0.25, 0.3) is 0 Å². The molecule has 4 heteroatoms. The summed E-state index contributed by atoms with van der Waals surface area (Å²) in [5.41, 5.74) is 0.146. The Hall–Kier alpha value is -1.71. The summed E-state index contributed by atoms with van der Waals surface area (Å²) in [6.45, 7) is 3.27. The maximum atomic E-state index is 10.2. The van der Waals surface area contributed by atoms with Gasteiger partial charge in [0.1, 0.15) is 6.33 Å². The molecule has 1 aromatic rings. The lowest BCUT2D eigenvalue weighted by Crippen LogP contribution is -2.23. The molecule has 0 N–H and O–H groups in total. The van der Waals surface area contributed by atoms with E-state index in [9.17, 15) is 9.90 Å². The third-order valence-electron chi connectivity index (χ3n) is 1.14. The van der Waals surface area contributed by atoms with E-state index in [1.807, 2.05) is 0 Å². The average molecular weight is 149 g/mol. The number of aliphatic carboxylic acids is 1. The molecule has 0 atom stereocenters. The highest BCUT2D eigenvalue weighted by atomic mass is 16.4. The van der Waals surface area contributed by atoms with Gasteiger partial charge in [-0.15, -0.1) is 0 Å². The molecule has 11 heavy (non-hydrogen) atoms. The van der Waals surface area contributed by atoms with Gasteiger partial charge in [0, 0.05) is 11.8 Å². The lowest BCUT2D eigenvalue weighted by molar-refractivity contribution is -0.295. The van der Waals surface area contributed by atoms with Crippen molar-refractivity contribution in [2.75, 3.05) is 0 Å². The Balaban J connectivity index is 2.95. The van der Waals surface area contributed by atoms with Crippen LogP contribution in [-0.2, 0) is 4.79 Å². The Bertz CT molecular complexity index is 282. The molecule has 0 fully saturated rings. The molecular weight excluding hydrogens is 144 g/mol. The van der Waals surface area contributed by atoms with Gasteiger partial charge in [-0.3, -0.25) is 0 Å². The van der Waals surface area contributed by atoms with Gasteiger partial charge >= 0.3 is 0 Å². The molecule has 0 aliphatic heterocycles. The van der Waals surface area contributed by atoms with Crippen LogP contribution in [0.15, 0.2) is 25.2 Å². The van der Waals surface area contributed by atoms with E-state index >= 15 is 0 Å². The van der Waals surface area contributed by atoms with Crippen LogP contribution in [0.3, 0.4) is 0 Å². The standard InChI is InChI=1S/C7H6N2O2/c1-5(7(10)11)6-2-3-8-4-9-6/h2-4H,1H2,(H,10,11)/p-1. The molecule has 1 heterocycles. The van der Waals surface area contributed by atoms with E-state index in [0.717, 1.165) is 0 Å². The van der Waals surface area contributed by atoms with Crippen molar-refractivity contribution in [3.8, 4) is 0 Å². The Morgan fingerprint density at radius 2 is 2.36 bits per heavy atom. The largest absolute Gasteiger partial charge is 0.545 e. The number of nitrogens with zero attached hydrogens (tertiary/aromatic N) is 2. The van der Waals surface area contributed by atoms with Crippen molar-refractivity contribution in [3.63, 3.8) is 0 Å². The lowest BCUT2D eigenvalue weighted by atomic mass is 10.2. The van der Waals surface area contributed by atoms with E-state index in [4.69, 9.17) is 0 Å². The maximum Gasteiger partial charge on any atom is 0.116 e. The minimum absolute atomic E-state index is 0.132. The Morgan fingerprint density at radius 3 is 2.82 bits per heavy atom. The van der Waals surface area contributed by atoms with Crippen molar-refractivity contribution in [2.45, 2.75) is 0 Å². The molecule has 0 radical (unpaired) electrons. The zero-order chi connectivity index (χ0) is 8.27. The average Bonchev–Trinajstić information content (AvgIpc) is 2.05. The van der Waals surface area contributed by atoms with Crippen LogP contribution in [0.4, 0.5) is 0 Å². The minimum Gasteiger partial charge on any atom is -0.545 e. The molecule has 56 valence electrons. The summed E-state index contributed by atoms with van der Waals surface area (Å²) < 4.78 is 0. The van der Waals surface area contributed by atoms with Crippen molar-refractivity contribution in [1.29, 1.82) is 0 Å². The van der Waals surface area contributed by atoms with Crippen LogP contribution in [0.1, 0.15) is 5.69 Å². The summed E-state index contributed by atoms with van der Waals surface area (Å²) in [7, 11) is 0. The number of carbonyl (C=O) groups is 1. The zero-order valence-electron chi connectivity index (χ0n) is 5.65. The van der Waals surface area contributed by atoms with Gasteiger partial charge in [0.2, 0.25) is 0 Å². The number of carbonyl (C=O) groups excluding carboxylic acids is 1. The molecular formula is C7H5N2O2-. The van der Waals surface area contributed by atoms with Crippen molar-refractivity contribution < 1.29 is 9.90 Å². The Morgan fingerprint density at radius 1 is 1.64 bits per heavy atom. The normalized spacial score (nSPS) is 9.09. The van der Waals surface area contributed by atoms with Crippen molar-refractivity contribution >= 4 is 11.5 Å². The Kier molecular flexibility index (Phi) is 1.96. The first-order valence-corrected chi connectivity index (χ1v) is 2.88. The van der Waals surface area contributed by atoms with Crippen LogP contribution in [0.25, 0.3) is 5.57 Å². The summed E-state index contributed by atoms with van der Waals surface area (Å²) in [6, 6.07) is 1.46. The number of aromatic nitrogens is 2. The smallest absolute Gasteiger partial charge is 0.116 e. The molecule has 0 aromatic carbocycles. The van der Waals surface area contributed by atoms with Gasteiger partial charge < -0.3 is 9.90 Å². The Labute approximate surface area is 63.2 Å². The van der Waals surface area contributed by atoms with E-state index in [-0.39, 0.29) is 11.3 Å². The number of carboxylic acids is 1. The molecule has 0 bridgehead atoms. The highest BCUT2D eigenvalue weighted by molar-refractivity contribution is 6.12. The third-order valence-corrected chi connectivity index (χ3v) is 1.14. The molecule has 4 nitrogen and oxygen atoms in total. The molecule has 0 aliphatic carbocycles. The lowest BCUT2D eigenvalue weighted by Gasteiger charge is -2.03. The second kappa shape index (κ2) is 2.92. The molecule has 0 unspecified atom stereocenters. The third kappa shape index (κ3) is 1.61. The van der Waals surface area contributed by atoms with Crippen LogP contribution in [0.5, 0.6) is 0 Å². The van der Waals surface area contributed by atoms with Gasteiger partial charge in [-0.1, -0.05) is 6.58 Å². The molecule has 0 spiro atoms. The second-order valence-electron chi connectivity index (χ2n) is 1.86. The van der Waals surface area contributed by atoms with E-state index in [2.05, 4.69) is 16.5 Å². The highest BCUT2D eigenvalue weighted by Crippen LogP contribution is 2.04. The topological polar surface area (TPSA) is 65.9 Å². The predicted molar refractivity (Wildman–Crippen MR) is 36.1 cm³/mol. The molecule has 1 aromatic heterocycles. The molecule has 0 saturated carbocycles. The van der Waals surface area contributed by atoms with E-state index in [0.29, 0.717) is 0 Å². The molecule has 1 rings (SSSR count). The van der Waals surface area contributed by atoms with Gasteiger partial charge in [-0.25, -0.2) is 9.97 Å². The monoisotopic (exact) mass is 149 g/mol. The van der Waals surface area contributed by atoms with Crippen molar-refractivity contribution in [2.24, 2.45) is 0 Å². The number of carboxylic acid groups (broad SMARTS) is 1. The predicted octanol–water partition coefficient (Wildman–Crippen LogP) is -0.760. The summed E-state index contributed by atoms with van der Waals surface area (Å²) in [6.07, 6.45) is 2.69. The quantitative estimate of drug-likeness (QED) is 0.518. The van der Waals surface area contributed by atoms with Gasteiger partial charge in [-0.2, -0.15) is 0 Å². The van der Waals surface area contributed by atoms with Gasteiger partial charge in [-0.05, 0) is 6.07 Å². The van der Waals surface area contributed by atoms with Crippen LogP contribution in [0, 0.1) is 0 Å². The van der Waals surface area contributed by atoms with Crippen LogP contribution in [0.2, 0.25) is 0 Å². The van der Waals surface area contributed by atoms with Crippen molar-refractivity contribution in [1.82, 2.24) is 9.97 Å². The fourth-order valence-electron chi connectivity index (χ4n) is 0.574. The second-order valence-corrected chi connectivity index (χ2v) is 1.86. The molecule has 0 saturated heterocycles. The first kappa shape index (κ1) is 7.40. The number of hydrogen-bond acceptors (Lipinski definition) is 4. The minimum atomic E-state index is -1.32. The first-order valence-electron chi connectivity index (χ1n) is 2.88. The van der Waals surface area contributed by atoms with Gasteiger partial charge in [0.15, 0.2) is 0 Å². The zero-order valence-corrected chi connectivity index (χ0v) is 5.65. The number of hydrogen-bond donors (Lipinski definition) is 0. The SMILES string of the molecule is C=C(C(=O)[O-])c1ccncn1. The fourth-order valence-corrected chi connectivity index (χ4v) is 0.574. The first-order chi connectivity index (χ1) is 5.22. The van der Waals surface area contributed by atoms with Crippen LogP contribution >= 0.6 is 0 Å². The van der Waals surface area contributed by atoms with E-state index in [1.165, 1.54) is 18.6 Å². The molecule has 0 amide bonds. The van der Waals surface area contributed by atoms with Gasteiger partial charge in [0.05, 0.1) is 11.7 Å². The summed E-state index contributed by atoms with van der Waals surface area (Å²) in [5, 5.41) is 10.2.